The first-order valence-electron chi connectivity index (χ1n) is 9.79. The number of imide groups is 1. The lowest BCUT2D eigenvalue weighted by molar-refractivity contribution is -0.118. The van der Waals surface area contributed by atoms with Crippen LogP contribution in [-0.4, -0.2) is 57.4 Å². The van der Waals surface area contributed by atoms with Crippen molar-refractivity contribution in [1.82, 2.24) is 14.9 Å². The van der Waals surface area contributed by atoms with E-state index in [0.29, 0.717) is 32.6 Å². The third kappa shape index (κ3) is 5.23. The summed E-state index contributed by atoms with van der Waals surface area (Å²) in [6.45, 7) is 7.68. The molecule has 8 nitrogen and oxygen atoms in total. The van der Waals surface area contributed by atoms with Crippen LogP contribution in [0.3, 0.4) is 0 Å². The summed E-state index contributed by atoms with van der Waals surface area (Å²) >= 11 is 0. The molecule has 0 atom stereocenters. The average Bonchev–Trinajstić information content (AvgIpc) is 3.04. The monoisotopic (exact) mass is 410 g/mol. The molecule has 3 amide bonds. The quantitative estimate of drug-likeness (QED) is 0.604. The van der Waals surface area contributed by atoms with Crippen molar-refractivity contribution in [3.8, 4) is 0 Å². The van der Waals surface area contributed by atoms with Crippen molar-refractivity contribution in [3.63, 3.8) is 0 Å². The standard InChI is InChI=1S/C19H30N4O4S/c1-4-7-11-20-19(25)21-18(24)14-22-12-10-15-13-16(8-9-17(15)22)28(26,27)23(5-2)6-3/h8-9,13H,4-7,10-12,14H2,1-3H3,(H2,20,21,24,25). The molecule has 1 aromatic rings. The van der Waals surface area contributed by atoms with E-state index >= 15 is 0 Å². The normalized spacial score (nSPS) is 13.5. The van der Waals surface area contributed by atoms with Crippen LogP contribution in [0.15, 0.2) is 23.1 Å². The van der Waals surface area contributed by atoms with Gasteiger partial charge in [0.2, 0.25) is 15.9 Å². The summed E-state index contributed by atoms with van der Waals surface area (Å²) in [5.41, 5.74) is 1.73. The van der Waals surface area contributed by atoms with Crippen LogP contribution in [0.5, 0.6) is 0 Å². The van der Waals surface area contributed by atoms with Gasteiger partial charge in [-0.2, -0.15) is 4.31 Å². The summed E-state index contributed by atoms with van der Waals surface area (Å²) in [7, 11) is -3.51. The fourth-order valence-corrected chi connectivity index (χ4v) is 4.76. The zero-order valence-electron chi connectivity index (χ0n) is 16.8. The SMILES string of the molecule is CCCCNC(=O)NC(=O)CN1CCc2cc(S(=O)(=O)N(CC)CC)ccc21. The molecule has 0 unspecified atom stereocenters. The van der Waals surface area contributed by atoms with Crippen LogP contribution >= 0.6 is 0 Å². The summed E-state index contributed by atoms with van der Waals surface area (Å²) in [4.78, 5) is 26.0. The number of nitrogens with one attached hydrogen (secondary N) is 2. The maximum absolute atomic E-state index is 12.7. The summed E-state index contributed by atoms with van der Waals surface area (Å²) in [5.74, 6) is -0.387. The fourth-order valence-electron chi connectivity index (χ4n) is 3.25. The highest BCUT2D eigenvalue weighted by Gasteiger charge is 2.26. The molecule has 0 aromatic heterocycles. The zero-order chi connectivity index (χ0) is 20.7. The smallest absolute Gasteiger partial charge is 0.321 e. The van der Waals surface area contributed by atoms with Crippen molar-refractivity contribution in [2.45, 2.75) is 44.9 Å². The van der Waals surface area contributed by atoms with Crippen molar-refractivity contribution in [2.24, 2.45) is 0 Å². The number of urea groups is 1. The number of anilines is 1. The van der Waals surface area contributed by atoms with Gasteiger partial charge in [-0.05, 0) is 36.6 Å². The minimum atomic E-state index is -3.51. The molecule has 0 saturated carbocycles. The first-order valence-corrected chi connectivity index (χ1v) is 11.2. The van der Waals surface area contributed by atoms with Crippen molar-refractivity contribution < 1.29 is 18.0 Å². The van der Waals surface area contributed by atoms with Gasteiger partial charge in [-0.1, -0.05) is 27.2 Å². The van der Waals surface area contributed by atoms with E-state index in [1.54, 1.807) is 18.2 Å². The Morgan fingerprint density at radius 2 is 1.89 bits per heavy atom. The number of carbonyl (C=O) groups is 2. The summed E-state index contributed by atoms with van der Waals surface area (Å²) in [5, 5.41) is 4.97. The van der Waals surface area contributed by atoms with Gasteiger partial charge in [0.05, 0.1) is 11.4 Å². The number of fused-ring (bicyclic) bond motifs is 1. The molecule has 2 N–H and O–H groups in total. The van der Waals surface area contributed by atoms with Crippen molar-refractivity contribution in [1.29, 1.82) is 0 Å². The van der Waals surface area contributed by atoms with Gasteiger partial charge in [-0.3, -0.25) is 10.1 Å². The minimum Gasteiger partial charge on any atom is -0.362 e. The Balaban J connectivity index is 2.03. The molecule has 1 aromatic carbocycles. The van der Waals surface area contributed by atoms with Crippen LogP contribution in [-0.2, 0) is 21.2 Å². The van der Waals surface area contributed by atoms with E-state index in [9.17, 15) is 18.0 Å². The molecule has 0 bridgehead atoms. The third-order valence-electron chi connectivity index (χ3n) is 4.79. The molecule has 9 heteroatoms. The van der Waals surface area contributed by atoms with E-state index in [0.717, 1.165) is 24.1 Å². The molecular formula is C19H30N4O4S. The number of benzene rings is 1. The molecule has 0 saturated heterocycles. The van der Waals surface area contributed by atoms with Crippen LogP contribution in [0.25, 0.3) is 0 Å². The van der Waals surface area contributed by atoms with Gasteiger partial charge in [-0.25, -0.2) is 13.2 Å². The molecule has 1 aliphatic rings. The lowest BCUT2D eigenvalue weighted by atomic mass is 10.2. The summed E-state index contributed by atoms with van der Waals surface area (Å²) in [6, 6.07) is 4.53. The Hall–Kier alpha value is -2.13. The van der Waals surface area contributed by atoms with Crippen LogP contribution in [0.1, 0.15) is 39.2 Å². The van der Waals surface area contributed by atoms with E-state index < -0.39 is 16.1 Å². The number of rotatable bonds is 9. The highest BCUT2D eigenvalue weighted by atomic mass is 32.2. The highest BCUT2D eigenvalue weighted by Crippen LogP contribution is 2.30. The lowest BCUT2D eigenvalue weighted by Gasteiger charge is -2.21. The summed E-state index contributed by atoms with van der Waals surface area (Å²) < 4.78 is 26.8. The van der Waals surface area contributed by atoms with E-state index in [-0.39, 0.29) is 17.3 Å². The first-order chi connectivity index (χ1) is 13.3. The minimum absolute atomic E-state index is 0.0519. The van der Waals surface area contributed by atoms with Gasteiger partial charge in [0.1, 0.15) is 0 Å². The van der Waals surface area contributed by atoms with E-state index in [1.807, 2.05) is 25.7 Å². The zero-order valence-corrected chi connectivity index (χ0v) is 17.6. The van der Waals surface area contributed by atoms with Gasteiger partial charge in [-0.15, -0.1) is 0 Å². The number of unbranched alkanes of at least 4 members (excludes halogenated alkanes) is 1. The molecule has 2 rings (SSSR count). The first kappa shape index (κ1) is 22.2. The lowest BCUT2D eigenvalue weighted by Crippen LogP contribution is -2.44. The fraction of sp³-hybridized carbons (Fsp3) is 0.579. The second kappa shape index (κ2) is 9.88. The molecule has 0 spiro atoms. The van der Waals surface area contributed by atoms with E-state index in [1.165, 1.54) is 4.31 Å². The predicted octanol–water partition coefficient (Wildman–Crippen LogP) is 1.71. The highest BCUT2D eigenvalue weighted by molar-refractivity contribution is 7.89. The van der Waals surface area contributed by atoms with Gasteiger partial charge >= 0.3 is 6.03 Å². The van der Waals surface area contributed by atoms with Gasteiger partial charge in [0.15, 0.2) is 0 Å². The number of hydrogen-bond acceptors (Lipinski definition) is 5. The van der Waals surface area contributed by atoms with Crippen LogP contribution < -0.4 is 15.5 Å². The number of nitrogens with zero attached hydrogens (tertiary/aromatic N) is 2. The van der Waals surface area contributed by atoms with E-state index in [2.05, 4.69) is 10.6 Å². The van der Waals surface area contributed by atoms with Gasteiger partial charge in [0.25, 0.3) is 0 Å². The molecule has 28 heavy (non-hydrogen) atoms. The molecule has 1 heterocycles. The summed E-state index contributed by atoms with van der Waals surface area (Å²) in [6.07, 6.45) is 2.48. The second-order valence-electron chi connectivity index (χ2n) is 6.71. The predicted molar refractivity (Wildman–Crippen MR) is 109 cm³/mol. The molecule has 156 valence electrons. The Morgan fingerprint density at radius 3 is 2.54 bits per heavy atom. The molecule has 1 aliphatic heterocycles. The number of carbonyl (C=O) groups excluding carboxylic acids is 2. The molecule has 0 fully saturated rings. The number of sulfonamides is 1. The molecule has 0 radical (unpaired) electrons. The topological polar surface area (TPSA) is 98.8 Å². The van der Waals surface area contributed by atoms with Crippen LogP contribution in [0.4, 0.5) is 10.5 Å². The molecular weight excluding hydrogens is 380 g/mol. The Bertz CT molecular complexity index is 806. The average molecular weight is 411 g/mol. The van der Waals surface area contributed by atoms with Crippen molar-refractivity contribution in [3.05, 3.63) is 23.8 Å². The third-order valence-corrected chi connectivity index (χ3v) is 6.84. The van der Waals surface area contributed by atoms with Gasteiger partial charge < -0.3 is 10.2 Å². The van der Waals surface area contributed by atoms with Crippen molar-refractivity contribution >= 4 is 27.6 Å². The Kier molecular flexibility index (Phi) is 7.82. The second-order valence-corrected chi connectivity index (χ2v) is 8.65. The van der Waals surface area contributed by atoms with E-state index in [4.69, 9.17) is 0 Å². The van der Waals surface area contributed by atoms with Crippen LogP contribution in [0, 0.1) is 0 Å². The maximum Gasteiger partial charge on any atom is 0.321 e. The maximum atomic E-state index is 12.7. The van der Waals surface area contributed by atoms with Crippen molar-refractivity contribution in [2.75, 3.05) is 37.6 Å². The number of amides is 3. The Morgan fingerprint density at radius 1 is 1.18 bits per heavy atom. The van der Waals surface area contributed by atoms with Gasteiger partial charge in [0, 0.05) is 31.9 Å². The van der Waals surface area contributed by atoms with Crippen LogP contribution in [0.2, 0.25) is 0 Å². The molecule has 0 aliphatic carbocycles. The largest absolute Gasteiger partial charge is 0.362 e. The Labute approximate surface area is 167 Å². The number of hydrogen-bond donors (Lipinski definition) is 2.